The maximum Gasteiger partial charge on any atom is 0.294 e. The largest absolute Gasteiger partial charge is 0.501 e. The van der Waals surface area contributed by atoms with Crippen LogP contribution in [0.2, 0.25) is 5.02 Å². The number of nitrogens with one attached hydrogen (secondary N) is 1. The Labute approximate surface area is 160 Å². The van der Waals surface area contributed by atoms with Crippen molar-refractivity contribution in [2.24, 2.45) is 0 Å². The lowest BCUT2D eigenvalue weighted by atomic mass is 10.1. The summed E-state index contributed by atoms with van der Waals surface area (Å²) in [5.74, 6) is -1.12. The molecule has 0 bridgehead atoms. The summed E-state index contributed by atoms with van der Waals surface area (Å²) in [5.41, 5.74) is 1.23. The number of carbonyl (C=O) groups is 1. The number of hydrogen-bond donors (Lipinski definition) is 2. The van der Waals surface area contributed by atoms with Gasteiger partial charge in [0.1, 0.15) is 5.82 Å². The van der Waals surface area contributed by atoms with Crippen molar-refractivity contribution in [3.05, 3.63) is 74.9 Å². The molecule has 0 fully saturated rings. The molecule has 3 aromatic rings. The molecule has 0 saturated heterocycles. The molecular formula is C19H17ClN4O3. The van der Waals surface area contributed by atoms with Crippen LogP contribution in [0, 0.1) is 6.92 Å². The van der Waals surface area contributed by atoms with Crippen LogP contribution in [0.3, 0.4) is 0 Å². The van der Waals surface area contributed by atoms with Gasteiger partial charge < -0.3 is 15.0 Å². The van der Waals surface area contributed by atoms with Crippen LogP contribution in [-0.2, 0) is 6.54 Å². The lowest BCUT2D eigenvalue weighted by Gasteiger charge is -2.18. The zero-order valence-corrected chi connectivity index (χ0v) is 15.5. The average molecular weight is 385 g/mol. The Morgan fingerprint density at radius 3 is 2.63 bits per heavy atom. The van der Waals surface area contributed by atoms with Crippen LogP contribution in [0.5, 0.6) is 5.75 Å². The van der Waals surface area contributed by atoms with Crippen LogP contribution in [0.1, 0.15) is 21.6 Å². The molecule has 0 radical (unpaired) electrons. The van der Waals surface area contributed by atoms with E-state index in [0.29, 0.717) is 10.6 Å². The number of H-pyrrole nitrogens is 1. The Morgan fingerprint density at radius 1 is 1.26 bits per heavy atom. The summed E-state index contributed by atoms with van der Waals surface area (Å²) in [4.78, 5) is 36.7. The summed E-state index contributed by atoms with van der Waals surface area (Å²) >= 11 is 6.12. The number of benzene rings is 1. The third kappa shape index (κ3) is 3.98. The molecule has 0 unspecified atom stereocenters. The highest BCUT2D eigenvalue weighted by Crippen LogP contribution is 2.20. The summed E-state index contributed by atoms with van der Waals surface area (Å²) in [5, 5.41) is 10.6. The highest BCUT2D eigenvalue weighted by atomic mass is 35.5. The average Bonchev–Trinajstić information content (AvgIpc) is 2.67. The normalized spacial score (nSPS) is 10.6. The predicted octanol–water partition coefficient (Wildman–Crippen LogP) is 2.77. The molecule has 2 N–H and O–H groups in total. The van der Waals surface area contributed by atoms with E-state index >= 15 is 0 Å². The number of rotatable bonds is 4. The molecule has 8 heteroatoms. The van der Waals surface area contributed by atoms with Crippen LogP contribution < -0.4 is 5.56 Å². The Balaban J connectivity index is 1.92. The number of aromatic nitrogens is 3. The second-order valence-corrected chi connectivity index (χ2v) is 6.50. The lowest BCUT2D eigenvalue weighted by molar-refractivity contribution is 0.0775. The molecule has 0 saturated carbocycles. The summed E-state index contributed by atoms with van der Waals surface area (Å²) in [6, 6.07) is 8.77. The fraction of sp³-hybridized carbons (Fsp3) is 0.158. The third-order valence-corrected chi connectivity index (χ3v) is 4.46. The minimum absolute atomic E-state index is 0.176. The Morgan fingerprint density at radius 2 is 1.96 bits per heavy atom. The van der Waals surface area contributed by atoms with Gasteiger partial charge in [0.2, 0.25) is 5.75 Å². The van der Waals surface area contributed by atoms with Gasteiger partial charge in [-0.15, -0.1) is 0 Å². The maximum atomic E-state index is 12.8. The van der Waals surface area contributed by atoms with Gasteiger partial charge in [0.25, 0.3) is 11.5 Å². The smallest absolute Gasteiger partial charge is 0.294 e. The van der Waals surface area contributed by atoms with Crippen molar-refractivity contribution < 1.29 is 9.90 Å². The second kappa shape index (κ2) is 7.59. The van der Waals surface area contributed by atoms with Crippen molar-refractivity contribution in [2.75, 3.05) is 7.05 Å². The van der Waals surface area contributed by atoms with Crippen molar-refractivity contribution in [1.82, 2.24) is 19.9 Å². The Bertz CT molecular complexity index is 1050. The van der Waals surface area contributed by atoms with Crippen molar-refractivity contribution >= 4 is 17.5 Å². The predicted molar refractivity (Wildman–Crippen MR) is 102 cm³/mol. The van der Waals surface area contributed by atoms with Gasteiger partial charge in [-0.3, -0.25) is 14.6 Å². The second-order valence-electron chi connectivity index (χ2n) is 6.09. The van der Waals surface area contributed by atoms with E-state index in [4.69, 9.17) is 11.6 Å². The Hall–Kier alpha value is -3.19. The number of pyridine rings is 1. The topological polar surface area (TPSA) is 99.2 Å². The zero-order valence-electron chi connectivity index (χ0n) is 14.7. The highest BCUT2D eigenvalue weighted by Gasteiger charge is 2.22. The number of amides is 1. The fourth-order valence-electron chi connectivity index (χ4n) is 2.52. The first-order chi connectivity index (χ1) is 12.9. The molecule has 138 valence electrons. The molecule has 1 amide bonds. The number of hydrogen-bond acceptors (Lipinski definition) is 5. The summed E-state index contributed by atoms with van der Waals surface area (Å²) in [7, 11) is 1.56. The maximum absolute atomic E-state index is 12.8. The van der Waals surface area contributed by atoms with Gasteiger partial charge >= 0.3 is 0 Å². The van der Waals surface area contributed by atoms with E-state index in [1.807, 2.05) is 19.1 Å². The van der Waals surface area contributed by atoms with E-state index in [2.05, 4.69) is 15.0 Å². The monoisotopic (exact) mass is 384 g/mol. The number of aromatic hydroxyl groups is 1. The molecule has 1 aromatic carbocycles. The molecule has 0 atom stereocenters. The van der Waals surface area contributed by atoms with E-state index < -0.39 is 17.2 Å². The van der Waals surface area contributed by atoms with Crippen molar-refractivity contribution in [3.63, 3.8) is 0 Å². The van der Waals surface area contributed by atoms with Crippen LogP contribution in [0.25, 0.3) is 11.4 Å². The van der Waals surface area contributed by atoms with E-state index in [0.717, 1.165) is 11.1 Å². The molecule has 7 nitrogen and oxygen atoms in total. The Kier molecular flexibility index (Phi) is 5.23. The summed E-state index contributed by atoms with van der Waals surface area (Å²) < 4.78 is 0. The number of carbonyl (C=O) groups excluding carboxylic acids is 1. The first kappa shape index (κ1) is 18.6. The van der Waals surface area contributed by atoms with Gasteiger partial charge in [-0.1, -0.05) is 23.7 Å². The van der Waals surface area contributed by atoms with E-state index in [1.165, 1.54) is 17.3 Å². The molecular weight excluding hydrogens is 368 g/mol. The van der Waals surface area contributed by atoms with Crippen LogP contribution in [0.4, 0.5) is 0 Å². The first-order valence-electron chi connectivity index (χ1n) is 8.11. The molecule has 0 aliphatic heterocycles. The van der Waals surface area contributed by atoms with Gasteiger partial charge in [0.05, 0.1) is 0 Å². The standard InChI is InChI=1S/C19H17ClN4O3/c1-11-3-4-12(9-14(11)20)10-24(2)19(27)15-16(25)18(26)23-17(22-15)13-5-7-21-8-6-13/h3-9,25H,10H2,1-2H3,(H,22,23,26). The fourth-order valence-corrected chi connectivity index (χ4v) is 2.73. The molecule has 3 rings (SSSR count). The number of aromatic amines is 1. The van der Waals surface area contributed by atoms with Gasteiger partial charge in [-0.05, 0) is 36.2 Å². The molecule has 2 heterocycles. The third-order valence-electron chi connectivity index (χ3n) is 4.05. The molecule has 2 aromatic heterocycles. The zero-order chi connectivity index (χ0) is 19.6. The van der Waals surface area contributed by atoms with Gasteiger partial charge in [0, 0.05) is 36.6 Å². The first-order valence-corrected chi connectivity index (χ1v) is 8.49. The highest BCUT2D eigenvalue weighted by molar-refractivity contribution is 6.31. The van der Waals surface area contributed by atoms with Crippen molar-refractivity contribution in [1.29, 1.82) is 0 Å². The molecule has 0 aliphatic rings. The van der Waals surface area contributed by atoms with Crippen molar-refractivity contribution in [3.8, 4) is 17.1 Å². The molecule has 0 spiro atoms. The van der Waals surface area contributed by atoms with Gasteiger partial charge in [-0.2, -0.15) is 0 Å². The summed E-state index contributed by atoms with van der Waals surface area (Å²) in [6.07, 6.45) is 3.08. The minimum atomic E-state index is -0.785. The van der Waals surface area contributed by atoms with Crippen LogP contribution in [-0.4, -0.2) is 37.9 Å². The van der Waals surface area contributed by atoms with E-state index in [9.17, 15) is 14.7 Å². The summed E-state index contributed by atoms with van der Waals surface area (Å²) in [6.45, 7) is 2.14. The SMILES string of the molecule is Cc1ccc(CN(C)C(=O)c2nc(-c3ccncc3)[nH]c(=O)c2O)cc1Cl. The van der Waals surface area contributed by atoms with Crippen LogP contribution in [0.15, 0.2) is 47.5 Å². The van der Waals surface area contributed by atoms with Crippen LogP contribution >= 0.6 is 11.6 Å². The number of aryl methyl sites for hydroxylation is 1. The van der Waals surface area contributed by atoms with E-state index in [-0.39, 0.29) is 18.1 Å². The minimum Gasteiger partial charge on any atom is -0.501 e. The van der Waals surface area contributed by atoms with E-state index in [1.54, 1.807) is 25.2 Å². The van der Waals surface area contributed by atoms with Crippen molar-refractivity contribution in [2.45, 2.75) is 13.5 Å². The quantitative estimate of drug-likeness (QED) is 0.720. The number of nitrogens with zero attached hydrogens (tertiary/aromatic N) is 3. The molecule has 27 heavy (non-hydrogen) atoms. The number of halogens is 1. The van der Waals surface area contributed by atoms with Gasteiger partial charge in [-0.25, -0.2) is 4.98 Å². The van der Waals surface area contributed by atoms with Gasteiger partial charge in [0.15, 0.2) is 5.69 Å². The molecule has 0 aliphatic carbocycles. The lowest BCUT2D eigenvalue weighted by Crippen LogP contribution is -2.29.